The molecule has 1 aliphatic rings. The molecule has 1 aromatic heterocycles. The summed E-state index contributed by atoms with van der Waals surface area (Å²) in [5, 5.41) is 2.58. The van der Waals surface area contributed by atoms with Crippen molar-refractivity contribution in [3.05, 3.63) is 71.3 Å². The predicted octanol–water partition coefficient (Wildman–Crippen LogP) is 8.59. The SMILES string of the molecule is Cc1ccc(OC2CCCCO2)c(-n2c3ccc(C(C)(C)C)cc3c3cc(C(C)(C)C)ccc32)c1. The molecule has 2 heterocycles. The van der Waals surface area contributed by atoms with Gasteiger partial charge >= 0.3 is 0 Å². The second-order valence-electron chi connectivity index (χ2n) is 12.2. The van der Waals surface area contributed by atoms with Gasteiger partial charge in [-0.15, -0.1) is 0 Å². The average molecular weight is 470 g/mol. The Bertz CT molecular complexity index is 1300. The van der Waals surface area contributed by atoms with E-state index >= 15 is 0 Å². The molecule has 0 spiro atoms. The fourth-order valence-electron chi connectivity index (χ4n) is 5.06. The van der Waals surface area contributed by atoms with Crippen LogP contribution in [0, 0.1) is 6.92 Å². The average Bonchev–Trinajstić information content (AvgIpc) is 3.13. The molecule has 35 heavy (non-hydrogen) atoms. The van der Waals surface area contributed by atoms with Crippen molar-refractivity contribution in [1.29, 1.82) is 0 Å². The zero-order valence-electron chi connectivity index (χ0n) is 22.4. The van der Waals surface area contributed by atoms with Crippen LogP contribution in [0.1, 0.15) is 77.5 Å². The summed E-state index contributed by atoms with van der Waals surface area (Å²) in [7, 11) is 0. The van der Waals surface area contributed by atoms with E-state index < -0.39 is 0 Å². The number of benzene rings is 3. The summed E-state index contributed by atoms with van der Waals surface area (Å²) in [6, 6.07) is 20.4. The quantitative estimate of drug-likeness (QED) is 0.300. The molecule has 3 heteroatoms. The lowest BCUT2D eigenvalue weighted by Gasteiger charge is -2.25. The van der Waals surface area contributed by atoms with Crippen molar-refractivity contribution in [1.82, 2.24) is 4.57 Å². The van der Waals surface area contributed by atoms with E-state index in [1.807, 2.05) is 0 Å². The van der Waals surface area contributed by atoms with Crippen LogP contribution in [-0.2, 0) is 15.6 Å². The van der Waals surface area contributed by atoms with Crippen LogP contribution in [0.25, 0.3) is 27.5 Å². The Balaban J connectivity index is 1.78. The highest BCUT2D eigenvalue weighted by molar-refractivity contribution is 6.10. The van der Waals surface area contributed by atoms with Crippen LogP contribution < -0.4 is 4.74 Å². The van der Waals surface area contributed by atoms with Gasteiger partial charge in [0.2, 0.25) is 0 Å². The van der Waals surface area contributed by atoms with E-state index in [0.717, 1.165) is 37.3 Å². The Hall–Kier alpha value is -2.78. The zero-order valence-corrected chi connectivity index (χ0v) is 22.4. The first-order valence-electron chi connectivity index (χ1n) is 13.0. The summed E-state index contributed by atoms with van der Waals surface area (Å²) in [6.07, 6.45) is 3.01. The molecule has 4 aromatic rings. The standard InChI is InChI=1S/C32H39NO2/c1-21-11-16-29(35-30-10-8-9-17-34-30)28(18-21)33-26-14-12-22(31(2,3)4)19-24(26)25-20-23(32(5,6)7)13-15-27(25)33/h11-16,18-20,30H,8-10,17H2,1-7H3. The van der Waals surface area contributed by atoms with Crippen LogP contribution in [0.4, 0.5) is 0 Å². The first-order chi connectivity index (χ1) is 16.5. The third-order valence-electron chi connectivity index (χ3n) is 7.25. The van der Waals surface area contributed by atoms with E-state index in [1.165, 1.54) is 38.5 Å². The van der Waals surface area contributed by atoms with E-state index in [4.69, 9.17) is 9.47 Å². The molecule has 3 nitrogen and oxygen atoms in total. The Morgan fingerprint density at radius 1 is 0.771 bits per heavy atom. The van der Waals surface area contributed by atoms with Crippen LogP contribution in [0.2, 0.25) is 0 Å². The maximum absolute atomic E-state index is 6.48. The van der Waals surface area contributed by atoms with Gasteiger partial charge in [-0.05, 0) is 83.7 Å². The van der Waals surface area contributed by atoms with Gasteiger partial charge < -0.3 is 14.0 Å². The molecule has 184 valence electrons. The maximum atomic E-state index is 6.48. The Kier molecular flexibility index (Phi) is 5.96. The van der Waals surface area contributed by atoms with E-state index in [0.29, 0.717) is 0 Å². The number of fused-ring (bicyclic) bond motifs is 3. The van der Waals surface area contributed by atoms with Crippen molar-refractivity contribution in [2.45, 2.75) is 84.8 Å². The van der Waals surface area contributed by atoms with Gasteiger partial charge in [0, 0.05) is 17.2 Å². The van der Waals surface area contributed by atoms with Gasteiger partial charge in [-0.3, -0.25) is 0 Å². The molecule has 1 atom stereocenters. The highest BCUT2D eigenvalue weighted by Gasteiger charge is 2.23. The van der Waals surface area contributed by atoms with Gasteiger partial charge in [0.1, 0.15) is 5.75 Å². The van der Waals surface area contributed by atoms with Crippen LogP contribution in [0.5, 0.6) is 5.75 Å². The molecule has 0 saturated carbocycles. The molecule has 1 unspecified atom stereocenters. The van der Waals surface area contributed by atoms with E-state index in [1.54, 1.807) is 0 Å². The molecule has 0 bridgehead atoms. The van der Waals surface area contributed by atoms with Crippen molar-refractivity contribution in [3.8, 4) is 11.4 Å². The summed E-state index contributed by atoms with van der Waals surface area (Å²) < 4.78 is 14.8. The summed E-state index contributed by atoms with van der Waals surface area (Å²) in [5.74, 6) is 0.876. The molecule has 3 aromatic carbocycles. The molecule has 1 fully saturated rings. The van der Waals surface area contributed by atoms with Gasteiger partial charge in [-0.1, -0.05) is 59.7 Å². The lowest BCUT2D eigenvalue weighted by Crippen LogP contribution is -2.25. The number of hydrogen-bond donors (Lipinski definition) is 0. The Morgan fingerprint density at radius 2 is 1.37 bits per heavy atom. The maximum Gasteiger partial charge on any atom is 0.199 e. The normalized spacial score (nSPS) is 17.3. The highest BCUT2D eigenvalue weighted by Crippen LogP contribution is 2.40. The first-order valence-corrected chi connectivity index (χ1v) is 13.0. The van der Waals surface area contributed by atoms with Crippen molar-refractivity contribution in [2.24, 2.45) is 0 Å². The minimum absolute atomic E-state index is 0.0835. The lowest BCUT2D eigenvalue weighted by atomic mass is 9.85. The van der Waals surface area contributed by atoms with Gasteiger partial charge in [-0.25, -0.2) is 0 Å². The van der Waals surface area contributed by atoms with Crippen LogP contribution in [0.15, 0.2) is 54.6 Å². The molecule has 1 aliphatic heterocycles. The van der Waals surface area contributed by atoms with E-state index in [9.17, 15) is 0 Å². The number of nitrogens with zero attached hydrogens (tertiary/aromatic N) is 1. The van der Waals surface area contributed by atoms with Crippen molar-refractivity contribution < 1.29 is 9.47 Å². The van der Waals surface area contributed by atoms with E-state index in [-0.39, 0.29) is 17.1 Å². The number of aromatic nitrogens is 1. The van der Waals surface area contributed by atoms with Gasteiger partial charge in [0.25, 0.3) is 0 Å². The zero-order chi connectivity index (χ0) is 25.0. The molecule has 0 radical (unpaired) electrons. The molecule has 0 amide bonds. The van der Waals surface area contributed by atoms with Gasteiger partial charge in [-0.2, -0.15) is 0 Å². The van der Waals surface area contributed by atoms with Crippen molar-refractivity contribution in [2.75, 3.05) is 6.61 Å². The Morgan fingerprint density at radius 3 is 1.89 bits per heavy atom. The fourth-order valence-corrected chi connectivity index (χ4v) is 5.06. The molecule has 1 saturated heterocycles. The molecule has 0 N–H and O–H groups in total. The third kappa shape index (κ3) is 4.59. The summed E-state index contributed by atoms with van der Waals surface area (Å²) >= 11 is 0. The lowest BCUT2D eigenvalue weighted by molar-refractivity contribution is -0.105. The van der Waals surface area contributed by atoms with Gasteiger partial charge in [0.05, 0.1) is 23.3 Å². The number of aryl methyl sites for hydroxylation is 1. The second kappa shape index (κ2) is 8.71. The summed E-state index contributed by atoms with van der Waals surface area (Å²) in [4.78, 5) is 0. The Labute approximate surface area is 210 Å². The largest absolute Gasteiger partial charge is 0.463 e. The van der Waals surface area contributed by atoms with E-state index in [2.05, 4.69) is 108 Å². The fraction of sp³-hybridized carbons (Fsp3) is 0.438. The number of hydrogen-bond acceptors (Lipinski definition) is 2. The molecule has 5 rings (SSSR count). The molecular weight excluding hydrogens is 430 g/mol. The second-order valence-corrected chi connectivity index (χ2v) is 12.2. The summed E-state index contributed by atoms with van der Waals surface area (Å²) in [5.41, 5.74) is 7.57. The van der Waals surface area contributed by atoms with Crippen molar-refractivity contribution >= 4 is 21.8 Å². The number of ether oxygens (including phenoxy) is 2. The van der Waals surface area contributed by atoms with Crippen LogP contribution in [0.3, 0.4) is 0 Å². The molecular formula is C32H39NO2. The first kappa shape index (κ1) is 23.9. The van der Waals surface area contributed by atoms with Crippen molar-refractivity contribution in [3.63, 3.8) is 0 Å². The smallest absolute Gasteiger partial charge is 0.199 e. The number of rotatable bonds is 3. The monoisotopic (exact) mass is 469 g/mol. The predicted molar refractivity (Wildman–Crippen MR) is 147 cm³/mol. The highest BCUT2D eigenvalue weighted by atomic mass is 16.7. The molecule has 0 aliphatic carbocycles. The minimum atomic E-state index is -0.182. The van der Waals surface area contributed by atoms with Gasteiger partial charge in [0.15, 0.2) is 6.29 Å². The summed E-state index contributed by atoms with van der Waals surface area (Å²) in [6.45, 7) is 16.6. The van der Waals surface area contributed by atoms with Crippen LogP contribution >= 0.6 is 0 Å². The minimum Gasteiger partial charge on any atom is -0.463 e. The topological polar surface area (TPSA) is 23.4 Å². The third-order valence-corrected chi connectivity index (χ3v) is 7.25. The van der Waals surface area contributed by atoms with Crippen LogP contribution in [-0.4, -0.2) is 17.5 Å².